The first-order valence-electron chi connectivity index (χ1n) is 8.54. The molecule has 2 heterocycles. The average molecular weight is 344 g/mol. The summed E-state index contributed by atoms with van der Waals surface area (Å²) in [5, 5.41) is 14.6. The molecular formula is C20H16N4O2. The number of phenolic OH excluding ortho intramolecular Hbond substituents is 1. The molecule has 0 fully saturated rings. The Morgan fingerprint density at radius 1 is 1.08 bits per heavy atom. The molecule has 0 radical (unpaired) electrons. The monoisotopic (exact) mass is 344 g/mol. The number of aromatic hydroxyl groups is 1. The standard InChI is InChI=1S/C20H16N4O2/c25-18-8-4-1-5-13(18)12-9-17-14(19(26)10-12)11-21-24(17)20-22-15-6-2-3-7-16(15)23-20/h1-8,11-12,25H,9-10H2,(H,22,23)/t12-/m0/s1. The molecule has 0 amide bonds. The summed E-state index contributed by atoms with van der Waals surface area (Å²) in [5.74, 6) is 0.791. The molecule has 2 aromatic carbocycles. The normalized spacial score (nSPS) is 16.8. The number of rotatable bonds is 2. The summed E-state index contributed by atoms with van der Waals surface area (Å²) in [6.07, 6.45) is 2.61. The van der Waals surface area contributed by atoms with E-state index in [4.69, 9.17) is 0 Å². The molecule has 128 valence electrons. The third-order valence-corrected chi connectivity index (χ3v) is 4.99. The van der Waals surface area contributed by atoms with Crippen LogP contribution in [0.3, 0.4) is 0 Å². The molecule has 26 heavy (non-hydrogen) atoms. The van der Waals surface area contributed by atoms with Crippen molar-refractivity contribution < 1.29 is 9.90 Å². The summed E-state index contributed by atoms with van der Waals surface area (Å²) in [5.41, 5.74) is 4.03. The zero-order valence-electron chi connectivity index (χ0n) is 13.9. The number of aromatic nitrogens is 4. The van der Waals surface area contributed by atoms with Crippen LogP contribution in [0.5, 0.6) is 5.75 Å². The van der Waals surface area contributed by atoms with Crippen LogP contribution in [0.25, 0.3) is 17.0 Å². The third kappa shape index (κ3) is 2.23. The predicted octanol–water partition coefficient (Wildman–Crippen LogP) is 3.37. The minimum Gasteiger partial charge on any atom is -0.508 e. The van der Waals surface area contributed by atoms with Crippen molar-refractivity contribution in [3.05, 3.63) is 71.5 Å². The van der Waals surface area contributed by atoms with E-state index in [-0.39, 0.29) is 17.5 Å². The van der Waals surface area contributed by atoms with Gasteiger partial charge in [0.1, 0.15) is 5.75 Å². The van der Waals surface area contributed by atoms with E-state index in [0.29, 0.717) is 24.4 Å². The SMILES string of the molecule is O=C1C[C@@H](c2ccccc2O)Cc2c1cnn2-c1nc2ccccc2[nH]1. The van der Waals surface area contributed by atoms with Crippen molar-refractivity contribution in [2.75, 3.05) is 0 Å². The molecule has 0 bridgehead atoms. The fourth-order valence-corrected chi connectivity index (χ4v) is 3.72. The molecule has 0 spiro atoms. The molecule has 0 aliphatic heterocycles. The minimum atomic E-state index is -0.0731. The van der Waals surface area contributed by atoms with E-state index in [1.54, 1.807) is 23.0 Å². The van der Waals surface area contributed by atoms with Crippen LogP contribution < -0.4 is 0 Å². The first-order chi connectivity index (χ1) is 12.7. The highest BCUT2D eigenvalue weighted by Gasteiger charge is 2.31. The lowest BCUT2D eigenvalue weighted by atomic mass is 9.82. The zero-order chi connectivity index (χ0) is 17.7. The molecule has 6 nitrogen and oxygen atoms in total. The van der Waals surface area contributed by atoms with Crippen LogP contribution in [0, 0.1) is 0 Å². The van der Waals surface area contributed by atoms with Crippen LogP contribution >= 0.6 is 0 Å². The zero-order valence-corrected chi connectivity index (χ0v) is 13.9. The van der Waals surface area contributed by atoms with Gasteiger partial charge in [-0.15, -0.1) is 0 Å². The molecule has 0 saturated carbocycles. The molecule has 2 aromatic heterocycles. The number of aromatic amines is 1. The fourth-order valence-electron chi connectivity index (χ4n) is 3.72. The number of imidazole rings is 1. The van der Waals surface area contributed by atoms with Gasteiger partial charge in [0.15, 0.2) is 5.78 Å². The Hall–Kier alpha value is -3.41. The quantitative estimate of drug-likeness (QED) is 0.584. The number of hydrogen-bond donors (Lipinski definition) is 2. The summed E-state index contributed by atoms with van der Waals surface area (Å²) in [6.45, 7) is 0. The smallest absolute Gasteiger partial charge is 0.229 e. The minimum absolute atomic E-state index is 0.0434. The van der Waals surface area contributed by atoms with Gasteiger partial charge < -0.3 is 10.1 Å². The van der Waals surface area contributed by atoms with Crippen LogP contribution in [0.15, 0.2) is 54.7 Å². The van der Waals surface area contributed by atoms with Gasteiger partial charge in [-0.3, -0.25) is 4.79 Å². The molecule has 2 N–H and O–H groups in total. The van der Waals surface area contributed by atoms with Crippen molar-refractivity contribution >= 4 is 16.8 Å². The van der Waals surface area contributed by atoms with Gasteiger partial charge in [0, 0.05) is 12.3 Å². The van der Waals surface area contributed by atoms with Crippen LogP contribution in [0.2, 0.25) is 0 Å². The van der Waals surface area contributed by atoms with Crippen molar-refractivity contribution in [3.8, 4) is 11.7 Å². The lowest BCUT2D eigenvalue weighted by Gasteiger charge is -2.23. The van der Waals surface area contributed by atoms with E-state index in [1.165, 1.54) is 0 Å². The van der Waals surface area contributed by atoms with Crippen LogP contribution in [-0.2, 0) is 6.42 Å². The maximum absolute atomic E-state index is 12.6. The van der Waals surface area contributed by atoms with Gasteiger partial charge in [0.25, 0.3) is 0 Å². The fraction of sp³-hybridized carbons (Fsp3) is 0.150. The number of nitrogens with zero attached hydrogens (tertiary/aromatic N) is 3. The number of nitrogens with one attached hydrogen (secondary N) is 1. The number of ketones is 1. The van der Waals surface area contributed by atoms with Crippen LogP contribution in [-0.4, -0.2) is 30.6 Å². The van der Waals surface area contributed by atoms with E-state index < -0.39 is 0 Å². The number of Topliss-reactive ketones (excluding diaryl/α,β-unsaturated/α-hetero) is 1. The molecule has 5 rings (SSSR count). The Kier molecular flexibility index (Phi) is 3.18. The number of carbonyl (C=O) groups excluding carboxylic acids is 1. The first-order valence-corrected chi connectivity index (χ1v) is 8.54. The molecule has 1 atom stereocenters. The number of H-pyrrole nitrogens is 1. The Labute approximate surface area is 149 Å². The Morgan fingerprint density at radius 3 is 2.73 bits per heavy atom. The van der Waals surface area contributed by atoms with Gasteiger partial charge >= 0.3 is 0 Å². The first kappa shape index (κ1) is 14.9. The summed E-state index contributed by atoms with van der Waals surface area (Å²) in [4.78, 5) is 20.5. The second-order valence-electron chi connectivity index (χ2n) is 6.58. The summed E-state index contributed by atoms with van der Waals surface area (Å²) in [7, 11) is 0. The second-order valence-corrected chi connectivity index (χ2v) is 6.58. The Morgan fingerprint density at radius 2 is 1.88 bits per heavy atom. The maximum Gasteiger partial charge on any atom is 0.229 e. The Balaban J connectivity index is 1.60. The second kappa shape index (κ2) is 5.56. The molecule has 0 unspecified atom stereocenters. The molecular weight excluding hydrogens is 328 g/mol. The van der Waals surface area contributed by atoms with Crippen molar-refractivity contribution in [3.63, 3.8) is 0 Å². The largest absolute Gasteiger partial charge is 0.508 e. The van der Waals surface area contributed by atoms with Crippen molar-refractivity contribution in [2.45, 2.75) is 18.8 Å². The van der Waals surface area contributed by atoms with Gasteiger partial charge in [-0.2, -0.15) is 5.10 Å². The number of phenols is 1. The third-order valence-electron chi connectivity index (χ3n) is 4.99. The number of hydrogen-bond acceptors (Lipinski definition) is 4. The average Bonchev–Trinajstić information content (AvgIpc) is 3.25. The van der Waals surface area contributed by atoms with Crippen molar-refractivity contribution in [1.29, 1.82) is 0 Å². The van der Waals surface area contributed by atoms with E-state index in [2.05, 4.69) is 15.1 Å². The van der Waals surface area contributed by atoms with E-state index in [0.717, 1.165) is 22.3 Å². The van der Waals surface area contributed by atoms with E-state index in [1.807, 2.05) is 36.4 Å². The van der Waals surface area contributed by atoms with Crippen LogP contribution in [0.4, 0.5) is 0 Å². The van der Waals surface area contributed by atoms with E-state index in [9.17, 15) is 9.90 Å². The predicted molar refractivity (Wildman–Crippen MR) is 96.7 cm³/mol. The molecule has 1 aliphatic rings. The van der Waals surface area contributed by atoms with E-state index >= 15 is 0 Å². The van der Waals surface area contributed by atoms with Crippen molar-refractivity contribution in [1.82, 2.24) is 19.7 Å². The summed E-state index contributed by atoms with van der Waals surface area (Å²) in [6, 6.07) is 15.0. The molecule has 0 saturated heterocycles. The van der Waals surface area contributed by atoms with Gasteiger partial charge in [-0.05, 0) is 30.2 Å². The highest BCUT2D eigenvalue weighted by atomic mass is 16.3. The lowest BCUT2D eigenvalue weighted by molar-refractivity contribution is 0.0963. The van der Waals surface area contributed by atoms with Gasteiger partial charge in [0.05, 0.1) is 28.5 Å². The topological polar surface area (TPSA) is 83.8 Å². The summed E-state index contributed by atoms with van der Waals surface area (Å²) >= 11 is 0. The number of benzene rings is 2. The number of carbonyl (C=O) groups is 1. The maximum atomic E-state index is 12.6. The van der Waals surface area contributed by atoms with Crippen LogP contribution in [0.1, 0.15) is 34.0 Å². The number of fused-ring (bicyclic) bond motifs is 2. The lowest BCUT2D eigenvalue weighted by Crippen LogP contribution is -2.20. The molecule has 4 aromatic rings. The molecule has 1 aliphatic carbocycles. The molecule has 6 heteroatoms. The summed E-state index contributed by atoms with van der Waals surface area (Å²) < 4.78 is 1.71. The van der Waals surface area contributed by atoms with Gasteiger partial charge in [0.2, 0.25) is 5.95 Å². The highest BCUT2D eigenvalue weighted by molar-refractivity contribution is 5.98. The van der Waals surface area contributed by atoms with Gasteiger partial charge in [-0.25, -0.2) is 9.67 Å². The highest BCUT2D eigenvalue weighted by Crippen LogP contribution is 2.37. The van der Waals surface area contributed by atoms with Crippen molar-refractivity contribution in [2.24, 2.45) is 0 Å². The number of para-hydroxylation sites is 3. The Bertz CT molecular complexity index is 1110. The van der Waals surface area contributed by atoms with Gasteiger partial charge in [-0.1, -0.05) is 30.3 Å².